The number of benzene rings is 1. The van der Waals surface area contributed by atoms with Gasteiger partial charge in [-0.2, -0.15) is 0 Å². The van der Waals surface area contributed by atoms with Crippen LogP contribution in [0.4, 0.5) is 10.1 Å². The molecular formula is C17H16FN5O. The average molecular weight is 325 g/mol. The van der Waals surface area contributed by atoms with Crippen LogP contribution in [0.1, 0.15) is 5.56 Å². The number of aromatic nitrogens is 1. The minimum Gasteiger partial charge on any atom is -0.382 e. The van der Waals surface area contributed by atoms with Gasteiger partial charge in [0.15, 0.2) is 5.71 Å². The largest absolute Gasteiger partial charge is 0.382 e. The lowest BCUT2D eigenvalue weighted by molar-refractivity contribution is -0.110. The fourth-order valence-electron chi connectivity index (χ4n) is 1.81. The quantitative estimate of drug-likeness (QED) is 0.652. The number of carbonyl (C=O) groups excluding carboxylic acids is 1. The number of nitrogens with zero attached hydrogens (tertiary/aromatic N) is 3. The lowest BCUT2D eigenvalue weighted by Gasteiger charge is -2.09. The van der Waals surface area contributed by atoms with Crippen molar-refractivity contribution in [1.82, 2.24) is 4.98 Å². The van der Waals surface area contributed by atoms with E-state index in [-0.39, 0.29) is 22.9 Å². The monoisotopic (exact) mass is 325 g/mol. The van der Waals surface area contributed by atoms with Crippen LogP contribution in [0.3, 0.4) is 0 Å². The van der Waals surface area contributed by atoms with Crippen LogP contribution in [0.2, 0.25) is 0 Å². The van der Waals surface area contributed by atoms with E-state index in [4.69, 9.17) is 5.73 Å². The van der Waals surface area contributed by atoms with Crippen molar-refractivity contribution in [3.05, 3.63) is 66.8 Å². The molecular weight excluding hydrogens is 309 g/mol. The van der Waals surface area contributed by atoms with Crippen LogP contribution in [0.15, 0.2) is 65.4 Å². The fourth-order valence-corrected chi connectivity index (χ4v) is 1.81. The minimum absolute atomic E-state index is 0.0195. The van der Waals surface area contributed by atoms with E-state index in [0.717, 1.165) is 0 Å². The second-order valence-corrected chi connectivity index (χ2v) is 4.69. The van der Waals surface area contributed by atoms with Gasteiger partial charge >= 0.3 is 0 Å². The first-order valence-electron chi connectivity index (χ1n) is 6.99. The predicted molar refractivity (Wildman–Crippen MR) is 93.3 cm³/mol. The number of amidine groups is 1. The number of nitrogens with one attached hydrogen (secondary N) is 1. The van der Waals surface area contributed by atoms with Crippen molar-refractivity contribution in [3.63, 3.8) is 0 Å². The molecule has 0 radical (unpaired) electrons. The van der Waals surface area contributed by atoms with Gasteiger partial charge in [-0.25, -0.2) is 9.38 Å². The van der Waals surface area contributed by atoms with Crippen molar-refractivity contribution in [2.45, 2.75) is 0 Å². The highest BCUT2D eigenvalue weighted by atomic mass is 19.1. The molecule has 1 aromatic heterocycles. The highest BCUT2D eigenvalue weighted by Gasteiger charge is 2.18. The van der Waals surface area contributed by atoms with Crippen LogP contribution < -0.4 is 11.1 Å². The maximum Gasteiger partial charge on any atom is 0.278 e. The second-order valence-electron chi connectivity index (χ2n) is 4.69. The van der Waals surface area contributed by atoms with E-state index in [1.807, 2.05) is 0 Å². The number of hydrogen-bond donors (Lipinski definition) is 2. The zero-order chi connectivity index (χ0) is 17.5. The maximum absolute atomic E-state index is 13.7. The summed E-state index contributed by atoms with van der Waals surface area (Å²) in [5.74, 6) is -1.34. The van der Waals surface area contributed by atoms with Crippen molar-refractivity contribution in [2.24, 2.45) is 15.7 Å². The Bertz CT molecular complexity index is 815. The van der Waals surface area contributed by atoms with Gasteiger partial charge in [0.25, 0.3) is 5.91 Å². The molecule has 24 heavy (non-hydrogen) atoms. The summed E-state index contributed by atoms with van der Waals surface area (Å²) in [6.07, 6.45) is 3.16. The van der Waals surface area contributed by atoms with E-state index in [1.54, 1.807) is 30.6 Å². The van der Waals surface area contributed by atoms with Crippen molar-refractivity contribution in [1.29, 1.82) is 0 Å². The standard InChI is InChI=1S/C17H16FN5O/c1-11(12-6-5-9-21-10-12)22-15(16(19)20-2)17(24)23-14-8-4-3-7-13(14)18/h3-10H,1H2,2H3,(H2,19,20)(H,23,24). The van der Waals surface area contributed by atoms with Crippen molar-refractivity contribution < 1.29 is 9.18 Å². The molecule has 0 aliphatic carbocycles. The minimum atomic E-state index is -0.687. The molecule has 6 nitrogen and oxygen atoms in total. The lowest BCUT2D eigenvalue weighted by Crippen LogP contribution is -2.35. The molecule has 2 aromatic rings. The first-order valence-corrected chi connectivity index (χ1v) is 6.99. The lowest BCUT2D eigenvalue weighted by atomic mass is 10.2. The molecule has 0 fully saturated rings. The van der Waals surface area contributed by atoms with Gasteiger partial charge in [0, 0.05) is 25.0 Å². The zero-order valence-electron chi connectivity index (χ0n) is 13.0. The van der Waals surface area contributed by atoms with Crippen molar-refractivity contribution >= 4 is 28.8 Å². The fraction of sp³-hybridized carbons (Fsp3) is 0.0588. The van der Waals surface area contributed by atoms with Gasteiger partial charge in [-0.05, 0) is 24.3 Å². The van der Waals surface area contributed by atoms with E-state index in [2.05, 4.69) is 26.9 Å². The molecule has 0 spiro atoms. The molecule has 0 aliphatic heterocycles. The zero-order valence-corrected chi connectivity index (χ0v) is 13.0. The summed E-state index contributed by atoms with van der Waals surface area (Å²) in [4.78, 5) is 24.3. The predicted octanol–water partition coefficient (Wildman–Crippen LogP) is 2.26. The number of halogens is 1. The Kier molecular flexibility index (Phi) is 5.51. The normalized spacial score (nSPS) is 11.9. The molecule has 0 bridgehead atoms. The SMILES string of the molecule is C=C(N=C(C(=O)Nc1ccccc1F)C(N)=NC)c1cccnc1. The molecule has 0 atom stereocenters. The molecule has 7 heteroatoms. The Morgan fingerprint density at radius 3 is 2.67 bits per heavy atom. The molecule has 1 heterocycles. The van der Waals surface area contributed by atoms with Gasteiger partial charge in [-0.15, -0.1) is 0 Å². The first-order chi connectivity index (χ1) is 11.5. The highest BCUT2D eigenvalue weighted by Crippen LogP contribution is 2.14. The molecule has 0 saturated heterocycles. The van der Waals surface area contributed by atoms with E-state index < -0.39 is 11.7 Å². The average Bonchev–Trinajstić information content (AvgIpc) is 2.61. The number of amides is 1. The van der Waals surface area contributed by atoms with Crippen LogP contribution in [-0.2, 0) is 4.79 Å². The Balaban J connectivity index is 2.32. The molecule has 122 valence electrons. The number of rotatable bonds is 5. The number of nitrogens with two attached hydrogens (primary N) is 1. The Labute approximate surface area is 138 Å². The summed E-state index contributed by atoms with van der Waals surface area (Å²) in [6, 6.07) is 9.24. The molecule has 0 aliphatic rings. The van der Waals surface area contributed by atoms with Gasteiger partial charge in [0.2, 0.25) is 0 Å². The van der Waals surface area contributed by atoms with E-state index in [9.17, 15) is 9.18 Å². The summed E-state index contributed by atoms with van der Waals surface area (Å²) in [5, 5.41) is 2.42. The molecule has 2 rings (SSSR count). The summed E-state index contributed by atoms with van der Waals surface area (Å²) in [6.45, 7) is 3.80. The third-order valence-electron chi connectivity index (χ3n) is 3.06. The van der Waals surface area contributed by atoms with Gasteiger partial charge in [-0.3, -0.25) is 14.8 Å². The van der Waals surface area contributed by atoms with Gasteiger partial charge in [0.1, 0.15) is 11.7 Å². The summed E-state index contributed by atoms with van der Waals surface area (Å²) in [5.41, 5.74) is 6.51. The molecule has 0 unspecified atom stereocenters. The van der Waals surface area contributed by atoms with E-state index in [1.165, 1.54) is 25.2 Å². The van der Waals surface area contributed by atoms with Crippen LogP contribution in [0.25, 0.3) is 5.70 Å². The topological polar surface area (TPSA) is 92.7 Å². The third kappa shape index (κ3) is 4.10. The summed E-state index contributed by atoms with van der Waals surface area (Å²) >= 11 is 0. The third-order valence-corrected chi connectivity index (χ3v) is 3.06. The van der Waals surface area contributed by atoms with Gasteiger partial charge < -0.3 is 11.1 Å². The van der Waals surface area contributed by atoms with Crippen molar-refractivity contribution in [3.8, 4) is 0 Å². The van der Waals surface area contributed by atoms with Gasteiger partial charge in [0.05, 0.1) is 11.4 Å². The van der Waals surface area contributed by atoms with Crippen LogP contribution in [0, 0.1) is 5.82 Å². The number of para-hydroxylation sites is 1. The number of carbonyl (C=O) groups is 1. The molecule has 3 N–H and O–H groups in total. The number of hydrogen-bond acceptors (Lipinski definition) is 4. The first kappa shape index (κ1) is 17.0. The summed E-state index contributed by atoms with van der Waals surface area (Å²) < 4.78 is 13.7. The Hall–Kier alpha value is -3.35. The molecule has 0 saturated carbocycles. The second kappa shape index (κ2) is 7.77. The Morgan fingerprint density at radius 2 is 2.04 bits per heavy atom. The van der Waals surface area contributed by atoms with Crippen LogP contribution in [0.5, 0.6) is 0 Å². The van der Waals surface area contributed by atoms with E-state index in [0.29, 0.717) is 5.56 Å². The van der Waals surface area contributed by atoms with Crippen LogP contribution in [-0.4, -0.2) is 29.5 Å². The Morgan fingerprint density at radius 1 is 1.29 bits per heavy atom. The molecule has 1 amide bonds. The smallest absolute Gasteiger partial charge is 0.278 e. The number of anilines is 1. The number of pyridine rings is 1. The molecule has 1 aromatic carbocycles. The van der Waals surface area contributed by atoms with E-state index >= 15 is 0 Å². The number of aliphatic imine (C=N–C) groups is 2. The van der Waals surface area contributed by atoms with Crippen molar-refractivity contribution in [2.75, 3.05) is 12.4 Å². The maximum atomic E-state index is 13.7. The van der Waals surface area contributed by atoms with Crippen LogP contribution >= 0.6 is 0 Å². The highest BCUT2D eigenvalue weighted by molar-refractivity contribution is 6.68. The van der Waals surface area contributed by atoms with Gasteiger partial charge in [-0.1, -0.05) is 18.7 Å². The summed E-state index contributed by atoms with van der Waals surface area (Å²) in [7, 11) is 1.42.